The standard InChI is InChI=1S/C20H17F2NO3.C16H13F2N3O.C11H8BrF2NOS/c1-25-15-5-7-16(8-6-15)26-17-4-2-3-13(9-17)12-23-14-10-18(21)20(24)19(22)11-14;17-12-6-11(7-13(18)16(12)22)19-8-14-15(21-9-20-14)10-4-2-1-3-5-10;12-10-2-1-7(17-10)5-15-6-3-8(13)11(16)9(14)4-6/h2-11,23-24H,12H2,1H3;1-7,19,22H,8-9H2;1-4,15-16H,5H2. The molecule has 1 aromatic heterocycles. The first-order valence-corrected chi connectivity index (χ1v) is 20.9. The Bertz CT molecular complexity index is 2730. The molecule has 0 unspecified atom stereocenters. The van der Waals surface area contributed by atoms with E-state index in [0.717, 1.165) is 73.4 Å². The Morgan fingerprint density at radius 2 is 1.06 bits per heavy atom. The zero-order chi connectivity index (χ0) is 46.5. The third kappa shape index (κ3) is 13.4. The molecule has 18 heteroatoms. The van der Waals surface area contributed by atoms with Crippen molar-refractivity contribution in [2.75, 3.05) is 36.3 Å². The van der Waals surface area contributed by atoms with Gasteiger partial charge in [-0.1, -0.05) is 42.5 Å². The van der Waals surface area contributed by atoms with Gasteiger partial charge in [-0.15, -0.1) is 11.3 Å². The van der Waals surface area contributed by atoms with E-state index in [1.165, 1.54) is 11.3 Å². The van der Waals surface area contributed by atoms with Crippen molar-refractivity contribution >= 4 is 55.8 Å². The number of ether oxygens (including phenoxy) is 2. The average molecular weight is 979 g/mol. The van der Waals surface area contributed by atoms with Crippen LogP contribution in [0.15, 0.2) is 141 Å². The first kappa shape index (κ1) is 47.3. The molecule has 0 radical (unpaired) electrons. The van der Waals surface area contributed by atoms with Crippen LogP contribution < -0.4 is 25.4 Å². The van der Waals surface area contributed by atoms with Crippen molar-refractivity contribution in [2.24, 2.45) is 9.98 Å². The summed E-state index contributed by atoms with van der Waals surface area (Å²) in [6, 6.07) is 34.2. The zero-order valence-corrected chi connectivity index (χ0v) is 36.5. The second kappa shape index (κ2) is 22.4. The molecule has 65 heavy (non-hydrogen) atoms. The lowest BCUT2D eigenvalue weighted by atomic mass is 10.1. The Labute approximate surface area is 381 Å². The van der Waals surface area contributed by atoms with Gasteiger partial charge in [0, 0.05) is 77.0 Å². The summed E-state index contributed by atoms with van der Waals surface area (Å²) in [4.78, 5) is 9.65. The van der Waals surface area contributed by atoms with Crippen molar-refractivity contribution in [3.8, 4) is 34.5 Å². The van der Waals surface area contributed by atoms with Crippen LogP contribution in [-0.2, 0) is 13.1 Å². The lowest BCUT2D eigenvalue weighted by molar-refractivity contribution is 0.396. The quantitative estimate of drug-likeness (QED) is 0.0496. The number of aliphatic imine (C=N–C) groups is 2. The number of nitrogens with one attached hydrogen (secondary N) is 3. The Balaban J connectivity index is 0.000000165. The van der Waals surface area contributed by atoms with Crippen molar-refractivity contribution in [2.45, 2.75) is 13.1 Å². The number of hydrogen-bond donors (Lipinski definition) is 6. The molecule has 0 aliphatic carbocycles. The Hall–Kier alpha value is -7.18. The monoisotopic (exact) mass is 977 g/mol. The number of hydrogen-bond acceptors (Lipinski definition) is 11. The third-order valence-corrected chi connectivity index (χ3v) is 10.7. The van der Waals surface area contributed by atoms with Gasteiger partial charge in [0.2, 0.25) is 0 Å². The van der Waals surface area contributed by atoms with E-state index in [9.17, 15) is 26.3 Å². The maximum Gasteiger partial charge on any atom is 0.187 e. The van der Waals surface area contributed by atoms with E-state index in [4.69, 9.17) is 24.8 Å². The van der Waals surface area contributed by atoms with Crippen LogP contribution in [0.25, 0.3) is 0 Å². The molecule has 2 heterocycles. The Morgan fingerprint density at radius 3 is 1.57 bits per heavy atom. The normalized spacial score (nSPS) is 11.6. The van der Waals surface area contributed by atoms with Crippen molar-refractivity contribution in [3.63, 3.8) is 0 Å². The third-order valence-electron chi connectivity index (χ3n) is 9.11. The first-order chi connectivity index (χ1) is 31.3. The molecule has 0 atom stereocenters. The number of halogens is 7. The molecular weight excluding hydrogens is 941 g/mol. The number of phenolic OH excluding ortho intramolecular Hbond substituents is 3. The van der Waals surface area contributed by atoms with Crippen LogP contribution in [0.1, 0.15) is 16.0 Å². The van der Waals surface area contributed by atoms with Crippen molar-refractivity contribution in [3.05, 3.63) is 182 Å². The fraction of sp³-hybridized carbons (Fsp3) is 0.106. The molecule has 8 rings (SSSR count). The predicted octanol–water partition coefficient (Wildman–Crippen LogP) is 12.2. The summed E-state index contributed by atoms with van der Waals surface area (Å²) in [7, 11) is 1.60. The van der Waals surface area contributed by atoms with Gasteiger partial charge in [0.15, 0.2) is 52.2 Å². The summed E-state index contributed by atoms with van der Waals surface area (Å²) in [5, 5.41) is 35.8. The Morgan fingerprint density at radius 1 is 0.554 bits per heavy atom. The van der Waals surface area contributed by atoms with Gasteiger partial charge in [-0.3, -0.25) is 9.98 Å². The van der Waals surface area contributed by atoms with Crippen LogP contribution in [0.4, 0.5) is 43.4 Å². The van der Waals surface area contributed by atoms with Crippen molar-refractivity contribution < 1.29 is 51.1 Å². The van der Waals surface area contributed by atoms with Crippen molar-refractivity contribution in [1.29, 1.82) is 0 Å². The van der Waals surface area contributed by atoms with E-state index in [-0.39, 0.29) is 17.9 Å². The molecule has 336 valence electrons. The molecule has 7 aromatic rings. The largest absolute Gasteiger partial charge is 0.503 e. The molecule has 0 amide bonds. The summed E-state index contributed by atoms with van der Waals surface area (Å²) >= 11 is 4.86. The highest BCUT2D eigenvalue weighted by Crippen LogP contribution is 2.29. The summed E-state index contributed by atoms with van der Waals surface area (Å²) in [6.45, 7) is 1.44. The van der Waals surface area contributed by atoms with Crippen LogP contribution in [0.5, 0.6) is 34.5 Å². The second-order valence-electron chi connectivity index (χ2n) is 13.7. The SMILES string of the molecule is COc1ccc(Oc2cccc(CNc3cc(F)c(O)c(F)c3)c2)cc1.Oc1c(F)cc(NCC2=NCN=C2c2ccccc2)cc1F.Oc1c(F)cc(NCc2ccc(Br)s2)cc1F. The number of nitrogens with zero attached hydrogens (tertiary/aromatic N) is 2. The number of anilines is 3. The van der Waals surface area contributed by atoms with Crippen molar-refractivity contribution in [1.82, 2.24) is 0 Å². The highest BCUT2D eigenvalue weighted by Gasteiger charge is 2.17. The number of thiophene rings is 1. The first-order valence-electron chi connectivity index (χ1n) is 19.3. The molecule has 1 aliphatic rings. The predicted molar refractivity (Wildman–Crippen MR) is 244 cm³/mol. The van der Waals surface area contributed by atoms with Crippen LogP contribution >= 0.6 is 27.3 Å². The number of phenols is 3. The minimum absolute atomic E-state index is 0.231. The molecule has 0 bridgehead atoms. The molecule has 0 saturated carbocycles. The summed E-state index contributed by atoms with van der Waals surface area (Å²) in [5.74, 6) is -6.84. The van der Waals surface area contributed by atoms with Crippen LogP contribution in [0.2, 0.25) is 0 Å². The molecule has 0 fully saturated rings. The van der Waals surface area contributed by atoms with Gasteiger partial charge in [0.25, 0.3) is 0 Å². The zero-order valence-electron chi connectivity index (χ0n) is 34.1. The fourth-order valence-corrected chi connectivity index (χ4v) is 7.30. The van der Waals surface area contributed by atoms with Gasteiger partial charge >= 0.3 is 0 Å². The topological polar surface area (TPSA) is 140 Å². The van der Waals surface area contributed by atoms with E-state index in [1.54, 1.807) is 31.4 Å². The van der Waals surface area contributed by atoms with E-state index >= 15 is 0 Å². The second-order valence-corrected chi connectivity index (χ2v) is 16.2. The van der Waals surface area contributed by atoms with Gasteiger partial charge in [0.05, 0.1) is 28.9 Å². The fourth-order valence-electron chi connectivity index (χ4n) is 5.88. The molecule has 1 aliphatic heterocycles. The van der Waals surface area contributed by atoms with Gasteiger partial charge in [-0.05, 0) is 70.0 Å². The Kier molecular flexibility index (Phi) is 16.3. The average Bonchev–Trinajstić information content (AvgIpc) is 3.96. The van der Waals surface area contributed by atoms with Gasteiger partial charge in [0.1, 0.15) is 23.9 Å². The van der Waals surface area contributed by atoms with Gasteiger partial charge in [-0.25, -0.2) is 26.3 Å². The molecule has 0 spiro atoms. The summed E-state index contributed by atoms with van der Waals surface area (Å²) in [5.41, 5.74) is 4.07. The van der Waals surface area contributed by atoms with Gasteiger partial charge < -0.3 is 40.7 Å². The maximum absolute atomic E-state index is 13.4. The summed E-state index contributed by atoms with van der Waals surface area (Å²) < 4.78 is 91.3. The number of benzene rings is 6. The smallest absolute Gasteiger partial charge is 0.187 e. The van der Waals surface area contributed by atoms with Gasteiger partial charge in [-0.2, -0.15) is 0 Å². The maximum atomic E-state index is 13.4. The molecule has 10 nitrogen and oxygen atoms in total. The van der Waals surface area contributed by atoms with E-state index < -0.39 is 52.2 Å². The minimum Gasteiger partial charge on any atom is -0.503 e. The van der Waals surface area contributed by atoms with Crippen LogP contribution in [0, 0.1) is 34.9 Å². The lowest BCUT2D eigenvalue weighted by Gasteiger charge is -2.10. The number of aromatic hydroxyl groups is 3. The minimum atomic E-state index is -1.01. The van der Waals surface area contributed by atoms with E-state index in [0.29, 0.717) is 36.9 Å². The number of rotatable bonds is 13. The molecular formula is C47H38BrF6N5O5S. The molecule has 0 saturated heterocycles. The summed E-state index contributed by atoms with van der Waals surface area (Å²) in [6.07, 6.45) is 0. The van der Waals surface area contributed by atoms with Crippen LogP contribution in [0.3, 0.4) is 0 Å². The molecule has 6 aromatic carbocycles. The molecule has 6 N–H and O–H groups in total. The van der Waals surface area contributed by atoms with E-state index in [2.05, 4.69) is 41.9 Å². The number of methoxy groups -OCH3 is 1. The highest BCUT2D eigenvalue weighted by molar-refractivity contribution is 9.11. The lowest BCUT2D eigenvalue weighted by Crippen LogP contribution is -2.22. The van der Waals surface area contributed by atoms with Crippen LogP contribution in [-0.4, -0.2) is 47.1 Å². The van der Waals surface area contributed by atoms with E-state index in [1.807, 2.05) is 66.7 Å². The highest BCUT2D eigenvalue weighted by atomic mass is 79.9.